The Morgan fingerprint density at radius 3 is 2.61 bits per heavy atom. The molecule has 2 saturated heterocycles. The van der Waals surface area contributed by atoms with E-state index in [0.29, 0.717) is 31.1 Å². The van der Waals surface area contributed by atoms with Gasteiger partial charge in [0.2, 0.25) is 5.91 Å². The maximum absolute atomic E-state index is 12.6. The largest absolute Gasteiger partial charge is 0.497 e. The van der Waals surface area contributed by atoms with Crippen LogP contribution in [0.4, 0.5) is 0 Å². The van der Waals surface area contributed by atoms with Gasteiger partial charge in [-0.2, -0.15) is 0 Å². The number of furan rings is 1. The molecule has 8 nitrogen and oxygen atoms in total. The molecular weight excluding hydrogens is 418 g/mol. The summed E-state index contributed by atoms with van der Waals surface area (Å²) >= 11 is 1.61. The first-order chi connectivity index (χ1) is 15.1. The third-order valence-electron chi connectivity index (χ3n) is 5.72. The highest BCUT2D eigenvalue weighted by Gasteiger charge is 2.35. The summed E-state index contributed by atoms with van der Waals surface area (Å²) in [5.41, 5.74) is 0.951. The zero-order valence-electron chi connectivity index (χ0n) is 17.8. The molecule has 2 amide bonds. The van der Waals surface area contributed by atoms with Gasteiger partial charge in [-0.3, -0.25) is 14.5 Å². The third-order valence-corrected chi connectivity index (χ3v) is 6.96. The molecule has 1 aromatic heterocycles. The molecular formula is C22H27N3O5S. The molecule has 0 spiro atoms. The van der Waals surface area contributed by atoms with Gasteiger partial charge < -0.3 is 23.7 Å². The predicted molar refractivity (Wildman–Crippen MR) is 118 cm³/mol. The van der Waals surface area contributed by atoms with Crippen molar-refractivity contribution in [3.8, 4) is 11.5 Å². The van der Waals surface area contributed by atoms with Crippen LogP contribution in [-0.4, -0.2) is 85.8 Å². The molecule has 0 bridgehead atoms. The number of benzene rings is 1. The maximum Gasteiger partial charge on any atom is 0.289 e. The number of carbonyl (C=O) groups excluding carboxylic acids is 2. The molecule has 0 saturated carbocycles. The molecule has 9 heteroatoms. The highest BCUT2D eigenvalue weighted by Crippen LogP contribution is 2.43. The number of carbonyl (C=O) groups is 2. The van der Waals surface area contributed by atoms with E-state index < -0.39 is 0 Å². The lowest BCUT2D eigenvalue weighted by molar-refractivity contribution is -0.128. The standard InChI is InChI=1S/C22H27N3O5S/c1-28-16-5-6-18(29-2)17(14-16)22-25(20(26)15-31-22)12-9-23-7-10-24(11-8-23)21(27)19-4-3-13-30-19/h3-6,13-14,22H,7-12,15H2,1-2H3. The van der Waals surface area contributed by atoms with Crippen LogP contribution in [0.25, 0.3) is 0 Å². The number of nitrogens with zero attached hydrogens (tertiary/aromatic N) is 3. The Labute approximate surface area is 186 Å². The van der Waals surface area contributed by atoms with Crippen molar-refractivity contribution in [3.63, 3.8) is 0 Å². The minimum atomic E-state index is -0.0978. The summed E-state index contributed by atoms with van der Waals surface area (Å²) in [6.07, 6.45) is 1.52. The number of thioether (sulfide) groups is 1. The first-order valence-corrected chi connectivity index (χ1v) is 11.3. The topological polar surface area (TPSA) is 75.5 Å². The lowest BCUT2D eigenvalue weighted by Crippen LogP contribution is -2.50. The Balaban J connectivity index is 1.36. The number of amides is 2. The maximum atomic E-state index is 12.6. The molecule has 3 heterocycles. The Morgan fingerprint density at radius 2 is 1.94 bits per heavy atom. The van der Waals surface area contributed by atoms with Gasteiger partial charge in [-0.15, -0.1) is 11.8 Å². The number of hydrogen-bond donors (Lipinski definition) is 0. The number of piperazine rings is 1. The SMILES string of the molecule is COc1ccc(OC)c(C2SCC(=O)N2CCN2CCN(C(=O)c3ccco3)CC2)c1. The van der Waals surface area contributed by atoms with Crippen LogP contribution in [0.5, 0.6) is 11.5 Å². The van der Waals surface area contributed by atoms with E-state index in [1.54, 1.807) is 38.1 Å². The second-order valence-electron chi connectivity index (χ2n) is 7.47. The molecule has 1 atom stereocenters. The molecule has 2 aromatic rings. The van der Waals surface area contributed by atoms with Gasteiger partial charge >= 0.3 is 0 Å². The van der Waals surface area contributed by atoms with Gasteiger partial charge in [-0.05, 0) is 30.3 Å². The molecule has 4 rings (SSSR count). The molecule has 1 aromatic carbocycles. The molecule has 31 heavy (non-hydrogen) atoms. The molecule has 166 valence electrons. The van der Waals surface area contributed by atoms with Crippen molar-refractivity contribution in [3.05, 3.63) is 47.9 Å². The quantitative estimate of drug-likeness (QED) is 0.647. The summed E-state index contributed by atoms with van der Waals surface area (Å²) in [5, 5.41) is -0.0978. The zero-order chi connectivity index (χ0) is 21.8. The van der Waals surface area contributed by atoms with Crippen LogP contribution in [0.3, 0.4) is 0 Å². The molecule has 0 radical (unpaired) electrons. The lowest BCUT2D eigenvalue weighted by atomic mass is 10.1. The lowest BCUT2D eigenvalue weighted by Gasteiger charge is -2.35. The van der Waals surface area contributed by atoms with Crippen molar-refractivity contribution in [1.82, 2.24) is 14.7 Å². The second-order valence-corrected chi connectivity index (χ2v) is 8.54. The fourth-order valence-corrected chi connectivity index (χ4v) is 5.20. The average molecular weight is 446 g/mol. The van der Waals surface area contributed by atoms with E-state index in [4.69, 9.17) is 13.9 Å². The molecule has 2 aliphatic rings. The van der Waals surface area contributed by atoms with Gasteiger partial charge in [-0.1, -0.05) is 0 Å². The second kappa shape index (κ2) is 9.65. The van der Waals surface area contributed by atoms with Crippen molar-refractivity contribution >= 4 is 23.6 Å². The van der Waals surface area contributed by atoms with E-state index in [-0.39, 0.29) is 17.2 Å². The predicted octanol–water partition coefficient (Wildman–Crippen LogP) is 2.33. The average Bonchev–Trinajstić information content (AvgIpc) is 3.47. The third kappa shape index (κ3) is 4.67. The number of ether oxygens (including phenoxy) is 2. The first-order valence-electron chi connectivity index (χ1n) is 10.3. The van der Waals surface area contributed by atoms with Gasteiger partial charge in [0.25, 0.3) is 5.91 Å². The molecule has 2 fully saturated rings. The van der Waals surface area contributed by atoms with E-state index in [1.165, 1.54) is 6.26 Å². The van der Waals surface area contributed by atoms with E-state index in [9.17, 15) is 9.59 Å². The van der Waals surface area contributed by atoms with Crippen LogP contribution in [0, 0.1) is 0 Å². The molecule has 0 N–H and O–H groups in total. The van der Waals surface area contributed by atoms with Gasteiger partial charge in [-0.25, -0.2) is 0 Å². The van der Waals surface area contributed by atoms with Crippen molar-refractivity contribution < 1.29 is 23.5 Å². The molecule has 2 aliphatic heterocycles. The Morgan fingerprint density at radius 1 is 1.13 bits per heavy atom. The van der Waals surface area contributed by atoms with Crippen LogP contribution in [0.1, 0.15) is 21.5 Å². The zero-order valence-corrected chi connectivity index (χ0v) is 18.6. The Bertz CT molecular complexity index is 912. The van der Waals surface area contributed by atoms with Crippen LogP contribution in [0.2, 0.25) is 0 Å². The van der Waals surface area contributed by atoms with Gasteiger partial charge in [0.15, 0.2) is 5.76 Å². The number of rotatable bonds is 7. The van der Waals surface area contributed by atoms with E-state index in [2.05, 4.69) is 4.90 Å². The van der Waals surface area contributed by atoms with E-state index >= 15 is 0 Å². The molecule has 1 unspecified atom stereocenters. The summed E-state index contributed by atoms with van der Waals surface area (Å²) in [7, 11) is 3.27. The van der Waals surface area contributed by atoms with Crippen molar-refractivity contribution in [2.24, 2.45) is 0 Å². The summed E-state index contributed by atoms with van der Waals surface area (Å²) < 4.78 is 16.1. The highest BCUT2D eigenvalue weighted by atomic mass is 32.2. The van der Waals surface area contributed by atoms with Crippen molar-refractivity contribution in [2.45, 2.75) is 5.37 Å². The summed E-state index contributed by atoms with van der Waals surface area (Å²) in [4.78, 5) is 31.1. The van der Waals surface area contributed by atoms with Gasteiger partial charge in [0.05, 0.1) is 26.2 Å². The van der Waals surface area contributed by atoms with Crippen LogP contribution in [0.15, 0.2) is 41.0 Å². The fraction of sp³-hybridized carbons (Fsp3) is 0.455. The Kier molecular flexibility index (Phi) is 6.72. The van der Waals surface area contributed by atoms with E-state index in [1.807, 2.05) is 28.0 Å². The Hall–Kier alpha value is -2.65. The van der Waals surface area contributed by atoms with E-state index in [0.717, 1.165) is 36.7 Å². The summed E-state index contributed by atoms with van der Waals surface area (Å²) in [6, 6.07) is 9.10. The first kappa shape index (κ1) is 21.6. The minimum Gasteiger partial charge on any atom is -0.497 e. The monoisotopic (exact) mass is 445 g/mol. The number of hydrogen-bond acceptors (Lipinski definition) is 7. The molecule has 0 aliphatic carbocycles. The smallest absolute Gasteiger partial charge is 0.289 e. The van der Waals surface area contributed by atoms with Crippen LogP contribution < -0.4 is 9.47 Å². The summed E-state index contributed by atoms with van der Waals surface area (Å²) in [5.74, 6) is 2.39. The minimum absolute atomic E-state index is 0.0686. The number of methoxy groups -OCH3 is 2. The van der Waals surface area contributed by atoms with Crippen LogP contribution in [-0.2, 0) is 4.79 Å². The van der Waals surface area contributed by atoms with Crippen molar-refractivity contribution in [2.75, 3.05) is 59.2 Å². The van der Waals surface area contributed by atoms with Crippen molar-refractivity contribution in [1.29, 1.82) is 0 Å². The van der Waals surface area contributed by atoms with Crippen LogP contribution >= 0.6 is 11.8 Å². The van der Waals surface area contributed by atoms with Gasteiger partial charge in [0, 0.05) is 44.8 Å². The normalized spacial score (nSPS) is 19.7. The summed E-state index contributed by atoms with van der Waals surface area (Å²) in [6.45, 7) is 4.23. The highest BCUT2D eigenvalue weighted by molar-refractivity contribution is 8.00. The van der Waals surface area contributed by atoms with Gasteiger partial charge in [0.1, 0.15) is 16.9 Å². The fourth-order valence-electron chi connectivity index (χ4n) is 3.97.